The fourth-order valence-corrected chi connectivity index (χ4v) is 2.94. The summed E-state index contributed by atoms with van der Waals surface area (Å²) in [6.45, 7) is 4.66. The van der Waals surface area contributed by atoms with Gasteiger partial charge in [0.05, 0.1) is 30.2 Å². The highest BCUT2D eigenvalue weighted by Crippen LogP contribution is 2.17. The first kappa shape index (κ1) is 13.5. The number of morpholine rings is 1. The summed E-state index contributed by atoms with van der Waals surface area (Å²) in [5, 5.41) is 1.45. The zero-order valence-corrected chi connectivity index (χ0v) is 11.3. The minimum atomic E-state index is -3.74. The molecule has 0 radical (unpaired) electrons. The molecule has 1 fully saturated rings. The minimum absolute atomic E-state index is 0.0419. The Labute approximate surface area is 107 Å². The fraction of sp³-hybridized carbons (Fsp3) is 0.500. The van der Waals surface area contributed by atoms with Crippen molar-refractivity contribution in [3.8, 4) is 0 Å². The van der Waals surface area contributed by atoms with Crippen LogP contribution in [0.4, 0.5) is 0 Å². The van der Waals surface area contributed by atoms with E-state index >= 15 is 0 Å². The third-order valence-electron chi connectivity index (χ3n) is 2.62. The Morgan fingerprint density at radius 2 is 1.72 bits per heavy atom. The standard InChI is InChI=1S/C12H17NO4S/c1-10-8-13(9-11(2)16-10)17-18(14,15)12-6-4-3-5-7-12/h3-7,10-11H,8-9H2,1-2H3. The average Bonchev–Trinajstić information content (AvgIpc) is 2.28. The smallest absolute Gasteiger partial charge is 0.313 e. The summed E-state index contributed by atoms with van der Waals surface area (Å²) < 4.78 is 34.7. The van der Waals surface area contributed by atoms with E-state index in [2.05, 4.69) is 0 Å². The van der Waals surface area contributed by atoms with Crippen LogP contribution in [0, 0.1) is 0 Å². The normalized spacial score (nSPS) is 26.1. The molecule has 1 aromatic rings. The first-order valence-corrected chi connectivity index (χ1v) is 7.28. The Morgan fingerprint density at radius 1 is 1.17 bits per heavy atom. The van der Waals surface area contributed by atoms with Crippen molar-refractivity contribution >= 4 is 10.1 Å². The summed E-state index contributed by atoms with van der Waals surface area (Å²) in [7, 11) is -3.74. The van der Waals surface area contributed by atoms with Crippen molar-refractivity contribution in [1.82, 2.24) is 5.06 Å². The molecule has 1 saturated heterocycles. The fourth-order valence-electron chi connectivity index (χ4n) is 1.96. The number of ether oxygens (including phenoxy) is 1. The van der Waals surface area contributed by atoms with E-state index in [9.17, 15) is 8.42 Å². The molecule has 18 heavy (non-hydrogen) atoms. The number of rotatable bonds is 3. The molecule has 100 valence electrons. The van der Waals surface area contributed by atoms with Gasteiger partial charge in [-0.1, -0.05) is 18.2 Å². The highest BCUT2D eigenvalue weighted by molar-refractivity contribution is 7.86. The molecule has 1 heterocycles. The Kier molecular flexibility index (Phi) is 4.01. The first-order chi connectivity index (χ1) is 8.47. The van der Waals surface area contributed by atoms with E-state index in [4.69, 9.17) is 9.02 Å². The lowest BCUT2D eigenvalue weighted by Crippen LogP contribution is -2.46. The molecule has 6 heteroatoms. The third kappa shape index (κ3) is 3.29. The van der Waals surface area contributed by atoms with Crippen LogP contribution in [0.1, 0.15) is 13.8 Å². The van der Waals surface area contributed by atoms with Gasteiger partial charge in [0.15, 0.2) is 0 Å². The predicted octanol–water partition coefficient (Wildman–Crippen LogP) is 1.42. The van der Waals surface area contributed by atoms with Gasteiger partial charge in [-0.15, -0.1) is 0 Å². The van der Waals surface area contributed by atoms with E-state index in [1.807, 2.05) is 13.8 Å². The van der Waals surface area contributed by atoms with Crippen LogP contribution in [-0.2, 0) is 19.1 Å². The Balaban J connectivity index is 2.09. The molecule has 0 aliphatic carbocycles. The SMILES string of the molecule is CC1CN(OS(=O)(=O)c2ccccc2)CC(C)O1. The molecule has 0 bridgehead atoms. The van der Waals surface area contributed by atoms with Crippen LogP contribution in [0.5, 0.6) is 0 Å². The molecule has 1 aliphatic rings. The maximum Gasteiger partial charge on any atom is 0.313 e. The maximum absolute atomic E-state index is 12.0. The highest BCUT2D eigenvalue weighted by Gasteiger charge is 2.27. The first-order valence-electron chi connectivity index (χ1n) is 5.87. The summed E-state index contributed by atoms with van der Waals surface area (Å²) in [5.74, 6) is 0. The van der Waals surface area contributed by atoms with E-state index in [1.54, 1.807) is 18.2 Å². The molecule has 1 aliphatic heterocycles. The molecule has 1 aromatic carbocycles. The number of benzene rings is 1. The van der Waals surface area contributed by atoms with Crippen LogP contribution in [0.15, 0.2) is 35.2 Å². The van der Waals surface area contributed by atoms with E-state index in [0.29, 0.717) is 13.1 Å². The van der Waals surface area contributed by atoms with Crippen LogP contribution in [0.25, 0.3) is 0 Å². The molecule has 5 nitrogen and oxygen atoms in total. The average molecular weight is 271 g/mol. The van der Waals surface area contributed by atoms with Gasteiger partial charge in [0.2, 0.25) is 0 Å². The largest absolute Gasteiger partial charge is 0.373 e. The van der Waals surface area contributed by atoms with Crippen molar-refractivity contribution in [2.24, 2.45) is 0 Å². The third-order valence-corrected chi connectivity index (χ3v) is 3.88. The van der Waals surface area contributed by atoms with Crippen molar-refractivity contribution < 1.29 is 17.4 Å². The van der Waals surface area contributed by atoms with Crippen LogP contribution in [-0.4, -0.2) is 38.8 Å². The van der Waals surface area contributed by atoms with Crippen molar-refractivity contribution in [3.05, 3.63) is 30.3 Å². The molecule has 0 N–H and O–H groups in total. The molecule has 0 spiro atoms. The molecule has 0 aromatic heterocycles. The van der Waals surface area contributed by atoms with Crippen molar-refractivity contribution in [2.45, 2.75) is 31.0 Å². The van der Waals surface area contributed by atoms with Gasteiger partial charge in [0.25, 0.3) is 0 Å². The van der Waals surface area contributed by atoms with Crippen LogP contribution in [0.2, 0.25) is 0 Å². The lowest BCUT2D eigenvalue weighted by atomic mass is 10.3. The van der Waals surface area contributed by atoms with Crippen LogP contribution < -0.4 is 0 Å². The summed E-state index contributed by atoms with van der Waals surface area (Å²) in [5.41, 5.74) is 0. The van der Waals surface area contributed by atoms with Gasteiger partial charge in [-0.3, -0.25) is 0 Å². The van der Waals surface area contributed by atoms with Gasteiger partial charge in [0, 0.05) is 0 Å². The summed E-state index contributed by atoms with van der Waals surface area (Å²) in [4.78, 5) is 0.164. The quantitative estimate of drug-likeness (QED) is 0.832. The Morgan fingerprint density at radius 3 is 2.28 bits per heavy atom. The number of hydrogen-bond donors (Lipinski definition) is 0. The number of nitrogens with zero attached hydrogens (tertiary/aromatic N) is 1. The van der Waals surface area contributed by atoms with E-state index < -0.39 is 10.1 Å². The minimum Gasteiger partial charge on any atom is -0.373 e. The predicted molar refractivity (Wildman–Crippen MR) is 66.3 cm³/mol. The lowest BCUT2D eigenvalue weighted by Gasteiger charge is -2.33. The molecule has 2 unspecified atom stereocenters. The molecular weight excluding hydrogens is 254 g/mol. The summed E-state index contributed by atoms with van der Waals surface area (Å²) in [6.07, 6.45) is -0.0838. The maximum atomic E-state index is 12.0. The second-order valence-electron chi connectivity index (χ2n) is 4.45. The van der Waals surface area contributed by atoms with Gasteiger partial charge in [-0.2, -0.15) is 17.8 Å². The second-order valence-corrected chi connectivity index (χ2v) is 5.97. The van der Waals surface area contributed by atoms with Gasteiger partial charge < -0.3 is 4.74 Å². The van der Waals surface area contributed by atoms with Crippen molar-refractivity contribution in [2.75, 3.05) is 13.1 Å². The molecule has 0 saturated carbocycles. The molecule has 2 atom stereocenters. The van der Waals surface area contributed by atoms with Crippen molar-refractivity contribution in [3.63, 3.8) is 0 Å². The Hall–Kier alpha value is -0.950. The zero-order valence-electron chi connectivity index (χ0n) is 10.4. The number of hydrogen-bond acceptors (Lipinski definition) is 5. The molecular formula is C12H17NO4S. The summed E-state index contributed by atoms with van der Waals surface area (Å²) >= 11 is 0. The van der Waals surface area contributed by atoms with Crippen LogP contribution in [0.3, 0.4) is 0 Å². The topological polar surface area (TPSA) is 55.8 Å². The highest BCUT2D eigenvalue weighted by atomic mass is 32.2. The molecule has 2 rings (SSSR count). The van der Waals surface area contributed by atoms with Gasteiger partial charge in [-0.05, 0) is 26.0 Å². The zero-order chi connectivity index (χ0) is 13.2. The van der Waals surface area contributed by atoms with Gasteiger partial charge in [0.1, 0.15) is 0 Å². The van der Waals surface area contributed by atoms with E-state index in [1.165, 1.54) is 17.2 Å². The molecule has 0 amide bonds. The van der Waals surface area contributed by atoms with Gasteiger partial charge >= 0.3 is 10.1 Å². The van der Waals surface area contributed by atoms with E-state index in [-0.39, 0.29) is 17.1 Å². The Bertz CT molecular complexity index is 478. The second kappa shape index (κ2) is 5.36. The van der Waals surface area contributed by atoms with Gasteiger partial charge in [-0.25, -0.2) is 0 Å². The monoisotopic (exact) mass is 271 g/mol. The lowest BCUT2D eigenvalue weighted by molar-refractivity contribution is -0.166. The van der Waals surface area contributed by atoms with Crippen molar-refractivity contribution in [1.29, 1.82) is 0 Å². The summed E-state index contributed by atoms with van der Waals surface area (Å²) in [6, 6.07) is 8.13. The van der Waals surface area contributed by atoms with E-state index in [0.717, 1.165) is 0 Å². The van der Waals surface area contributed by atoms with Crippen LogP contribution >= 0.6 is 0 Å². The number of hydroxylamine groups is 2.